The minimum Gasteiger partial charge on any atom is -0.494 e. The lowest BCUT2D eigenvalue weighted by Crippen LogP contribution is -1.89. The van der Waals surface area contributed by atoms with Crippen molar-refractivity contribution >= 4 is 22.9 Å². The second-order valence-electron chi connectivity index (χ2n) is 4.24. The Labute approximate surface area is 123 Å². The van der Waals surface area contributed by atoms with Crippen LogP contribution in [0.3, 0.4) is 0 Å². The number of thiazole rings is 1. The predicted molar refractivity (Wildman–Crippen MR) is 78.6 cm³/mol. The van der Waals surface area contributed by atoms with Crippen molar-refractivity contribution in [2.75, 3.05) is 0 Å². The van der Waals surface area contributed by atoms with Gasteiger partial charge in [-0.2, -0.15) is 0 Å². The number of aromatic hydroxyl groups is 1. The molecule has 0 aliphatic heterocycles. The van der Waals surface area contributed by atoms with E-state index in [0.29, 0.717) is 27.8 Å². The summed E-state index contributed by atoms with van der Waals surface area (Å²) < 4.78 is 5.71. The van der Waals surface area contributed by atoms with Crippen LogP contribution in [0, 0.1) is 0 Å². The molecule has 0 aliphatic rings. The molecule has 0 bridgehead atoms. The van der Waals surface area contributed by atoms with Crippen molar-refractivity contribution in [1.82, 2.24) is 4.98 Å². The highest BCUT2D eigenvalue weighted by molar-refractivity contribution is 7.09. The molecule has 3 rings (SSSR count). The van der Waals surface area contributed by atoms with Gasteiger partial charge < -0.3 is 9.52 Å². The van der Waals surface area contributed by atoms with E-state index in [1.165, 1.54) is 0 Å². The molecule has 102 valence electrons. The van der Waals surface area contributed by atoms with Gasteiger partial charge in [0.25, 0.3) is 0 Å². The zero-order valence-corrected chi connectivity index (χ0v) is 11.8. The molecule has 2 aromatic heterocycles. The van der Waals surface area contributed by atoms with Crippen molar-refractivity contribution in [3.63, 3.8) is 0 Å². The third-order valence-electron chi connectivity index (χ3n) is 2.81. The van der Waals surface area contributed by atoms with Crippen LogP contribution in [0.15, 0.2) is 45.6 Å². The number of rotatable bonds is 3. The topological polar surface area (TPSA) is 66.2 Å². The van der Waals surface area contributed by atoms with E-state index in [1.54, 1.807) is 6.07 Å². The van der Waals surface area contributed by atoms with Gasteiger partial charge in [0.15, 0.2) is 0 Å². The maximum atomic E-state index is 11.1. The van der Waals surface area contributed by atoms with Crippen LogP contribution < -0.4 is 4.87 Å². The van der Waals surface area contributed by atoms with Gasteiger partial charge >= 0.3 is 4.87 Å². The van der Waals surface area contributed by atoms with Gasteiger partial charge in [-0.15, -0.1) is 0 Å². The molecule has 0 saturated carbocycles. The smallest absolute Gasteiger partial charge is 0.307 e. The van der Waals surface area contributed by atoms with Crippen molar-refractivity contribution < 1.29 is 9.52 Å². The number of hydrogen-bond acceptors (Lipinski definition) is 4. The van der Waals surface area contributed by atoms with E-state index in [4.69, 9.17) is 16.0 Å². The molecule has 4 nitrogen and oxygen atoms in total. The van der Waals surface area contributed by atoms with Gasteiger partial charge in [0.05, 0.1) is 4.88 Å². The quantitative estimate of drug-likeness (QED) is 0.776. The van der Waals surface area contributed by atoms with E-state index in [2.05, 4.69) is 4.98 Å². The zero-order valence-electron chi connectivity index (χ0n) is 10.2. The normalized spacial score (nSPS) is 10.8. The summed E-state index contributed by atoms with van der Waals surface area (Å²) >= 11 is 6.92. The fraction of sp³-hybridized carbons (Fsp3) is 0.0714. The average Bonchev–Trinajstić information content (AvgIpc) is 2.97. The molecule has 0 atom stereocenters. The molecule has 0 fully saturated rings. The van der Waals surface area contributed by atoms with Gasteiger partial charge in [0, 0.05) is 17.0 Å². The number of aromatic amines is 1. The van der Waals surface area contributed by atoms with E-state index in [0.717, 1.165) is 16.9 Å². The van der Waals surface area contributed by atoms with Gasteiger partial charge in [-0.05, 0) is 24.3 Å². The molecule has 1 aromatic carbocycles. The molecule has 2 heterocycles. The Morgan fingerprint density at radius 1 is 1.30 bits per heavy atom. The Balaban J connectivity index is 1.87. The highest BCUT2D eigenvalue weighted by Gasteiger charge is 2.11. The van der Waals surface area contributed by atoms with Crippen LogP contribution in [0.4, 0.5) is 0 Å². The Hall–Kier alpha value is -1.98. The van der Waals surface area contributed by atoms with Crippen LogP contribution >= 0.6 is 22.9 Å². The summed E-state index contributed by atoms with van der Waals surface area (Å²) in [4.78, 5) is 13.7. The molecular formula is C14H10ClNO3S. The van der Waals surface area contributed by atoms with Crippen LogP contribution in [-0.4, -0.2) is 10.1 Å². The van der Waals surface area contributed by atoms with Gasteiger partial charge in [-0.3, -0.25) is 9.78 Å². The first-order valence-electron chi connectivity index (χ1n) is 5.87. The fourth-order valence-electron chi connectivity index (χ4n) is 1.90. The average molecular weight is 308 g/mol. The summed E-state index contributed by atoms with van der Waals surface area (Å²) in [5, 5.41) is 10.2. The monoisotopic (exact) mass is 307 g/mol. The minimum atomic E-state index is -0.279. The fourth-order valence-corrected chi connectivity index (χ4v) is 2.82. The molecule has 20 heavy (non-hydrogen) atoms. The van der Waals surface area contributed by atoms with Gasteiger partial charge in [-0.1, -0.05) is 35.1 Å². The lowest BCUT2D eigenvalue weighted by molar-refractivity contribution is 0.448. The Kier molecular flexibility index (Phi) is 3.38. The first-order chi connectivity index (χ1) is 9.61. The number of H-pyrrole nitrogens is 1. The van der Waals surface area contributed by atoms with Crippen LogP contribution in [0.25, 0.3) is 11.3 Å². The van der Waals surface area contributed by atoms with E-state index >= 15 is 0 Å². The lowest BCUT2D eigenvalue weighted by atomic mass is 10.2. The number of halogens is 1. The van der Waals surface area contributed by atoms with Gasteiger partial charge in [0.2, 0.25) is 5.88 Å². The SMILES string of the molecule is O=c1[nH]c(O)c(Cc2ccc(-c3cccc(Cl)c3)o2)s1. The molecule has 0 radical (unpaired) electrons. The van der Waals surface area contributed by atoms with Crippen LogP contribution in [-0.2, 0) is 6.42 Å². The van der Waals surface area contributed by atoms with Crippen molar-refractivity contribution in [3.05, 3.63) is 61.7 Å². The summed E-state index contributed by atoms with van der Waals surface area (Å²) in [6, 6.07) is 11.0. The molecule has 3 aromatic rings. The highest BCUT2D eigenvalue weighted by Crippen LogP contribution is 2.27. The Morgan fingerprint density at radius 2 is 2.15 bits per heavy atom. The highest BCUT2D eigenvalue weighted by atomic mass is 35.5. The largest absolute Gasteiger partial charge is 0.494 e. The number of furan rings is 1. The van der Waals surface area contributed by atoms with Gasteiger partial charge in [0.1, 0.15) is 11.5 Å². The number of benzene rings is 1. The van der Waals surface area contributed by atoms with Crippen LogP contribution in [0.5, 0.6) is 5.88 Å². The van der Waals surface area contributed by atoms with E-state index < -0.39 is 0 Å². The Bertz CT molecular complexity index is 803. The molecule has 0 unspecified atom stereocenters. The lowest BCUT2D eigenvalue weighted by Gasteiger charge is -1.98. The molecule has 0 saturated heterocycles. The summed E-state index contributed by atoms with van der Waals surface area (Å²) in [7, 11) is 0. The van der Waals surface area contributed by atoms with E-state index in [9.17, 15) is 9.90 Å². The molecule has 0 spiro atoms. The van der Waals surface area contributed by atoms with Crippen molar-refractivity contribution in [1.29, 1.82) is 0 Å². The maximum Gasteiger partial charge on any atom is 0.307 e. The van der Waals surface area contributed by atoms with E-state index in [-0.39, 0.29) is 10.8 Å². The minimum absolute atomic E-state index is 0.0966. The third-order valence-corrected chi connectivity index (χ3v) is 3.91. The van der Waals surface area contributed by atoms with Crippen LogP contribution in [0.1, 0.15) is 10.6 Å². The molecule has 0 amide bonds. The molecule has 6 heteroatoms. The number of aromatic nitrogens is 1. The standard InChI is InChI=1S/C14H10ClNO3S/c15-9-3-1-2-8(6-9)11-5-4-10(19-11)7-12-13(17)16-14(18)20-12/h1-6,17H,7H2,(H,16,18). The number of nitrogens with one attached hydrogen (secondary N) is 1. The summed E-state index contributed by atoms with van der Waals surface area (Å²) in [5.74, 6) is 1.27. The van der Waals surface area contributed by atoms with Crippen molar-refractivity contribution in [2.24, 2.45) is 0 Å². The van der Waals surface area contributed by atoms with E-state index in [1.807, 2.05) is 30.3 Å². The summed E-state index contributed by atoms with van der Waals surface area (Å²) in [5.41, 5.74) is 0.884. The first kappa shape index (κ1) is 13.0. The second kappa shape index (κ2) is 5.19. The zero-order chi connectivity index (χ0) is 14.1. The second-order valence-corrected chi connectivity index (χ2v) is 5.74. The van der Waals surface area contributed by atoms with Crippen molar-refractivity contribution in [3.8, 4) is 17.2 Å². The summed E-state index contributed by atoms with van der Waals surface area (Å²) in [6.45, 7) is 0. The van der Waals surface area contributed by atoms with Crippen LogP contribution in [0.2, 0.25) is 5.02 Å². The first-order valence-corrected chi connectivity index (χ1v) is 7.07. The third kappa shape index (κ3) is 2.64. The molecule has 0 aliphatic carbocycles. The molecule has 2 N–H and O–H groups in total. The Morgan fingerprint density at radius 3 is 2.85 bits per heavy atom. The predicted octanol–water partition coefficient (Wildman–Crippen LogP) is 3.65. The van der Waals surface area contributed by atoms with Gasteiger partial charge in [-0.25, -0.2) is 0 Å². The summed E-state index contributed by atoms with van der Waals surface area (Å²) in [6.07, 6.45) is 0.371. The van der Waals surface area contributed by atoms with Crippen molar-refractivity contribution in [2.45, 2.75) is 6.42 Å². The maximum absolute atomic E-state index is 11.1. The number of hydrogen-bond donors (Lipinski definition) is 2. The molecular weight excluding hydrogens is 298 g/mol.